The Bertz CT molecular complexity index is 1490. The Morgan fingerprint density at radius 2 is 1.79 bits per heavy atom. The average Bonchev–Trinajstić information content (AvgIpc) is 3.64. The summed E-state index contributed by atoms with van der Waals surface area (Å²) in [7, 11) is 1.95. The number of carbonyl (C=O) groups is 5. The Morgan fingerprint density at radius 1 is 1.08 bits per heavy atom. The van der Waals surface area contributed by atoms with E-state index in [1.807, 2.05) is 76.9 Å². The highest BCUT2D eigenvalue weighted by Gasteiger charge is 2.38. The summed E-state index contributed by atoms with van der Waals surface area (Å²) >= 11 is 1.16. The van der Waals surface area contributed by atoms with Gasteiger partial charge in [0.15, 0.2) is 6.10 Å². The maximum Gasteiger partial charge on any atom is 0.303 e. The molecule has 2 aromatic rings. The van der Waals surface area contributed by atoms with Gasteiger partial charge in [-0.05, 0) is 50.3 Å². The third-order valence-electron chi connectivity index (χ3n) is 9.88. The summed E-state index contributed by atoms with van der Waals surface area (Å²) in [6, 6.07) is 6.94. The molecule has 1 fully saturated rings. The van der Waals surface area contributed by atoms with Crippen molar-refractivity contribution in [3.8, 4) is 0 Å². The van der Waals surface area contributed by atoms with Crippen LogP contribution in [0.4, 0.5) is 0 Å². The number of likely N-dealkylation sites (N-methyl/N-ethyl adjacent to an activating group) is 1. The molecule has 1 saturated heterocycles. The zero-order valence-electron chi connectivity index (χ0n) is 32.4. The summed E-state index contributed by atoms with van der Waals surface area (Å²) < 4.78 is 5.82. The molecule has 3 rings (SSSR count). The van der Waals surface area contributed by atoms with Gasteiger partial charge in [-0.15, -0.1) is 11.3 Å². The Hall–Kier alpha value is -3.88. The number of nitrogens with one attached hydrogen (secondary N) is 3. The van der Waals surface area contributed by atoms with Crippen molar-refractivity contribution in [3.63, 3.8) is 0 Å². The number of nitrogens with zero attached hydrogens (tertiary/aromatic N) is 3. The monoisotopic (exact) mass is 756 g/mol. The quantitative estimate of drug-likeness (QED) is 0.147. The summed E-state index contributed by atoms with van der Waals surface area (Å²) in [5, 5.41) is 19.7. The number of aliphatic hydroxyl groups excluding tert-OH is 1. The van der Waals surface area contributed by atoms with Crippen LogP contribution in [0, 0.1) is 11.8 Å². The third-order valence-corrected chi connectivity index (χ3v) is 10.8. The molecule has 1 aliphatic heterocycles. The minimum absolute atomic E-state index is 0.0435. The number of rotatable bonds is 20. The normalized spacial score (nSPS) is 17.6. The second kappa shape index (κ2) is 21.7. The molecule has 13 nitrogen and oxygen atoms in total. The predicted molar refractivity (Wildman–Crippen MR) is 205 cm³/mol. The van der Waals surface area contributed by atoms with Gasteiger partial charge in [0.25, 0.3) is 5.91 Å². The van der Waals surface area contributed by atoms with Crippen LogP contribution in [0.5, 0.6) is 0 Å². The number of piperidine rings is 1. The fourth-order valence-electron chi connectivity index (χ4n) is 6.71. The van der Waals surface area contributed by atoms with Crippen molar-refractivity contribution in [1.82, 2.24) is 30.7 Å². The zero-order valence-corrected chi connectivity index (χ0v) is 33.2. The fraction of sp³-hybridized carbons (Fsp3) is 0.641. The molecule has 1 aromatic carbocycles. The lowest BCUT2D eigenvalue weighted by atomic mass is 9.92. The molecule has 1 aromatic heterocycles. The van der Waals surface area contributed by atoms with E-state index in [-0.39, 0.29) is 67.4 Å². The van der Waals surface area contributed by atoms with E-state index < -0.39 is 36.0 Å². The topological polar surface area (TPSA) is 170 Å². The van der Waals surface area contributed by atoms with Crippen LogP contribution >= 0.6 is 11.3 Å². The molecule has 0 radical (unpaired) electrons. The van der Waals surface area contributed by atoms with Crippen molar-refractivity contribution >= 4 is 40.9 Å². The molecule has 0 spiro atoms. The molecule has 6 unspecified atom stereocenters. The van der Waals surface area contributed by atoms with Gasteiger partial charge >= 0.3 is 5.97 Å². The second-order valence-electron chi connectivity index (χ2n) is 14.3. The lowest BCUT2D eigenvalue weighted by Crippen LogP contribution is -2.58. The fourth-order valence-corrected chi connectivity index (χ4v) is 7.55. The number of likely N-dealkylation sites (tertiary alicyclic amines) is 1. The van der Waals surface area contributed by atoms with E-state index in [0.717, 1.165) is 42.7 Å². The number of aliphatic hydroxyl groups is 1. The Labute approximate surface area is 318 Å². The minimum atomic E-state index is -0.928. The van der Waals surface area contributed by atoms with Crippen molar-refractivity contribution < 1.29 is 33.8 Å². The largest absolute Gasteiger partial charge is 0.455 e. The van der Waals surface area contributed by atoms with Crippen molar-refractivity contribution in [2.24, 2.45) is 11.8 Å². The second-order valence-corrected chi connectivity index (χ2v) is 15.2. The van der Waals surface area contributed by atoms with E-state index >= 15 is 0 Å². The Balaban J connectivity index is 1.87. The number of benzene rings is 1. The van der Waals surface area contributed by atoms with Crippen molar-refractivity contribution in [2.75, 3.05) is 33.3 Å². The average molecular weight is 757 g/mol. The van der Waals surface area contributed by atoms with Crippen LogP contribution in [0.1, 0.15) is 107 Å². The molecule has 294 valence electrons. The molecule has 4 N–H and O–H groups in total. The number of hydrogen-bond acceptors (Lipinski definition) is 10. The highest BCUT2D eigenvalue weighted by molar-refractivity contribution is 7.09. The summed E-state index contributed by atoms with van der Waals surface area (Å²) in [6.45, 7) is 12.4. The van der Waals surface area contributed by atoms with Crippen LogP contribution in [0.3, 0.4) is 0 Å². The van der Waals surface area contributed by atoms with Crippen LogP contribution in [0.25, 0.3) is 0 Å². The van der Waals surface area contributed by atoms with Crippen molar-refractivity contribution in [2.45, 2.75) is 117 Å². The summed E-state index contributed by atoms with van der Waals surface area (Å²) in [6.07, 6.45) is 3.72. The molecule has 2 heterocycles. The third kappa shape index (κ3) is 12.9. The number of esters is 1. The molecule has 0 aliphatic carbocycles. The first kappa shape index (κ1) is 43.5. The van der Waals surface area contributed by atoms with E-state index in [1.165, 1.54) is 6.92 Å². The van der Waals surface area contributed by atoms with Crippen molar-refractivity contribution in [3.05, 3.63) is 52.0 Å². The molecule has 53 heavy (non-hydrogen) atoms. The standard InChI is InChI=1S/C39H60N6O7S/c1-8-19-45(39(51)34(26(5)9-2)43-37(50)31-17-13-14-20-44(31)7)32(25(3)4)23-33(52-27(6)47)38-42-30(24-53-38)36(49)41-29(35(48)40-18-21-46)22-28-15-11-10-12-16-28/h10-12,15-16,24-26,29,31-34,46H,8-9,13-14,17-23H2,1-7H3,(H,40,48)(H,41,49)(H,43,50). The molecule has 1 aliphatic rings. The Morgan fingerprint density at radius 3 is 2.40 bits per heavy atom. The number of aromatic nitrogens is 1. The maximum absolute atomic E-state index is 14.5. The maximum atomic E-state index is 14.5. The molecule has 6 atom stereocenters. The van der Waals surface area contributed by atoms with Gasteiger partial charge in [0.2, 0.25) is 17.7 Å². The molecule has 14 heteroatoms. The summed E-state index contributed by atoms with van der Waals surface area (Å²) in [5.41, 5.74) is 0.901. The number of thiazole rings is 1. The van der Waals surface area contributed by atoms with Crippen molar-refractivity contribution in [1.29, 1.82) is 0 Å². The van der Waals surface area contributed by atoms with Crippen LogP contribution < -0.4 is 16.0 Å². The molecule has 0 saturated carbocycles. The van der Waals surface area contributed by atoms with Gasteiger partial charge in [-0.3, -0.25) is 28.9 Å². The van der Waals surface area contributed by atoms with Gasteiger partial charge in [0, 0.05) is 44.3 Å². The smallest absolute Gasteiger partial charge is 0.303 e. The summed E-state index contributed by atoms with van der Waals surface area (Å²) in [5.74, 6) is -2.02. The number of carbonyl (C=O) groups excluding carboxylic acids is 5. The van der Waals surface area contributed by atoms with Gasteiger partial charge in [0.05, 0.1) is 12.6 Å². The van der Waals surface area contributed by atoms with E-state index in [4.69, 9.17) is 4.74 Å². The molecular formula is C39H60N6O7S. The van der Waals surface area contributed by atoms with Crippen LogP contribution in [0.15, 0.2) is 35.7 Å². The summed E-state index contributed by atoms with van der Waals surface area (Å²) in [4.78, 5) is 75.5. The first-order valence-corrected chi connectivity index (χ1v) is 19.9. The Kier molecular flexibility index (Phi) is 17.8. The van der Waals surface area contributed by atoms with E-state index in [2.05, 4.69) is 25.8 Å². The minimum Gasteiger partial charge on any atom is -0.455 e. The van der Waals surface area contributed by atoms with Crippen LogP contribution in [-0.4, -0.2) is 107 Å². The van der Waals surface area contributed by atoms with E-state index in [9.17, 15) is 29.1 Å². The predicted octanol–water partition coefficient (Wildman–Crippen LogP) is 3.87. The first-order chi connectivity index (χ1) is 25.3. The van der Waals surface area contributed by atoms with Gasteiger partial charge in [0.1, 0.15) is 22.8 Å². The molecular weight excluding hydrogens is 697 g/mol. The van der Waals surface area contributed by atoms with Crippen LogP contribution in [0.2, 0.25) is 0 Å². The lowest BCUT2D eigenvalue weighted by molar-refractivity contribution is -0.149. The van der Waals surface area contributed by atoms with Gasteiger partial charge < -0.3 is 30.7 Å². The zero-order chi connectivity index (χ0) is 39.1. The van der Waals surface area contributed by atoms with Gasteiger partial charge in [-0.2, -0.15) is 0 Å². The number of amides is 4. The van der Waals surface area contributed by atoms with Gasteiger partial charge in [-0.1, -0.05) is 77.8 Å². The van der Waals surface area contributed by atoms with Gasteiger partial charge in [-0.25, -0.2) is 4.98 Å². The molecule has 4 amide bonds. The number of ether oxygens (including phenoxy) is 1. The highest BCUT2D eigenvalue weighted by Crippen LogP contribution is 2.32. The van der Waals surface area contributed by atoms with E-state index in [0.29, 0.717) is 24.4 Å². The SMILES string of the molecule is CCCN(C(=O)C(NC(=O)C1CCCCN1C)C(C)CC)C(CC(OC(C)=O)c1nc(C(=O)NC(Cc2ccccc2)C(=O)NCCO)cs1)C(C)C. The number of hydrogen-bond donors (Lipinski definition) is 4. The first-order valence-electron chi connectivity index (χ1n) is 19.0. The highest BCUT2D eigenvalue weighted by atomic mass is 32.1. The van der Waals surface area contributed by atoms with E-state index in [1.54, 1.807) is 5.38 Å². The van der Waals surface area contributed by atoms with Crippen LogP contribution in [-0.2, 0) is 30.3 Å². The molecule has 0 bridgehead atoms. The lowest BCUT2D eigenvalue weighted by Gasteiger charge is -2.40.